The molecule has 2 aromatic rings. The fourth-order valence-electron chi connectivity index (χ4n) is 3.15. The molecular formula is C19H21F3N2O3S. The molecule has 9 heteroatoms. The van der Waals surface area contributed by atoms with Crippen molar-refractivity contribution in [2.75, 3.05) is 6.54 Å². The van der Waals surface area contributed by atoms with Crippen LogP contribution in [-0.2, 0) is 16.2 Å². The number of nitrogens with one attached hydrogen (secondary N) is 1. The molecule has 0 radical (unpaired) electrons. The van der Waals surface area contributed by atoms with Crippen molar-refractivity contribution >= 4 is 10.0 Å². The van der Waals surface area contributed by atoms with Crippen molar-refractivity contribution in [3.63, 3.8) is 0 Å². The number of benzene rings is 1. The minimum atomic E-state index is -4.65. The Kier molecular flexibility index (Phi) is 5.95. The van der Waals surface area contributed by atoms with Crippen LogP contribution in [0.15, 0.2) is 45.3 Å². The first kappa shape index (κ1) is 20.6. The zero-order chi connectivity index (χ0) is 20.4. The topological polar surface area (TPSA) is 72.2 Å². The number of hydrogen-bond acceptors (Lipinski definition) is 4. The largest absolute Gasteiger partial charge is 0.452 e. The van der Waals surface area contributed by atoms with Crippen LogP contribution in [0.25, 0.3) is 11.3 Å². The van der Waals surface area contributed by atoms with Crippen LogP contribution < -0.4 is 4.72 Å². The molecule has 152 valence electrons. The quantitative estimate of drug-likeness (QED) is 0.687. The standard InChI is InChI=1S/C19H21F3N2O3S/c1-13-7-8-15(16-12-18(27-24-16)19(20,21)22)11-17(13)28(25,26)23-10-9-14-5-3-2-4-6-14/h5,7-8,11-12,23H,2-4,6,9-10H2,1H3. The van der Waals surface area contributed by atoms with Crippen molar-refractivity contribution in [3.8, 4) is 11.3 Å². The Labute approximate surface area is 161 Å². The predicted molar refractivity (Wildman–Crippen MR) is 98.0 cm³/mol. The molecule has 1 aromatic carbocycles. The molecule has 0 fully saturated rings. The number of aryl methyl sites for hydroxylation is 1. The number of aromatic nitrogens is 1. The van der Waals surface area contributed by atoms with Crippen LogP contribution in [-0.4, -0.2) is 20.1 Å². The first-order chi connectivity index (χ1) is 13.2. The van der Waals surface area contributed by atoms with Crippen LogP contribution >= 0.6 is 0 Å². The van der Waals surface area contributed by atoms with E-state index in [0.717, 1.165) is 25.3 Å². The number of rotatable bonds is 6. The normalized spacial score (nSPS) is 15.5. The van der Waals surface area contributed by atoms with Gasteiger partial charge in [-0.2, -0.15) is 13.2 Å². The van der Waals surface area contributed by atoms with Crippen LogP contribution in [0.1, 0.15) is 43.4 Å². The molecular weight excluding hydrogens is 393 g/mol. The highest BCUT2D eigenvalue weighted by Gasteiger charge is 2.36. The van der Waals surface area contributed by atoms with E-state index >= 15 is 0 Å². The van der Waals surface area contributed by atoms with Crippen LogP contribution in [0.2, 0.25) is 0 Å². The fraction of sp³-hybridized carbons (Fsp3) is 0.421. The summed E-state index contributed by atoms with van der Waals surface area (Å²) in [5, 5.41) is 3.41. The Morgan fingerprint density at radius 3 is 2.64 bits per heavy atom. The average Bonchev–Trinajstić information content (AvgIpc) is 3.13. The number of sulfonamides is 1. The first-order valence-electron chi connectivity index (χ1n) is 8.99. The van der Waals surface area contributed by atoms with E-state index in [2.05, 4.69) is 20.5 Å². The van der Waals surface area contributed by atoms with Gasteiger partial charge in [-0.15, -0.1) is 0 Å². The number of alkyl halides is 3. The van der Waals surface area contributed by atoms with E-state index in [-0.39, 0.29) is 22.7 Å². The second-order valence-corrected chi connectivity index (χ2v) is 8.55. The summed E-state index contributed by atoms with van der Waals surface area (Å²) < 4.78 is 70.4. The van der Waals surface area contributed by atoms with E-state index in [1.807, 2.05) is 0 Å². The molecule has 0 spiro atoms. The van der Waals surface area contributed by atoms with Gasteiger partial charge in [0.05, 0.1) is 4.90 Å². The lowest BCUT2D eigenvalue weighted by Crippen LogP contribution is -2.26. The van der Waals surface area contributed by atoms with Crippen LogP contribution in [0.4, 0.5) is 13.2 Å². The summed E-state index contributed by atoms with van der Waals surface area (Å²) in [5.74, 6) is -1.23. The third-order valence-corrected chi connectivity index (χ3v) is 6.29. The van der Waals surface area contributed by atoms with Gasteiger partial charge >= 0.3 is 6.18 Å². The molecule has 28 heavy (non-hydrogen) atoms. The van der Waals surface area contributed by atoms with Gasteiger partial charge in [-0.1, -0.05) is 28.9 Å². The number of nitrogens with zero attached hydrogens (tertiary/aromatic N) is 1. The minimum absolute atomic E-state index is 0.0131. The molecule has 0 bridgehead atoms. The Balaban J connectivity index is 1.78. The summed E-state index contributed by atoms with van der Waals surface area (Å²) in [6.07, 6.45) is 2.46. The number of halogens is 3. The van der Waals surface area contributed by atoms with Gasteiger partial charge in [0.15, 0.2) is 0 Å². The van der Waals surface area contributed by atoms with E-state index in [4.69, 9.17) is 0 Å². The average molecular weight is 414 g/mol. The van der Waals surface area contributed by atoms with Gasteiger partial charge in [-0.05, 0) is 50.7 Å². The molecule has 3 rings (SSSR count). The maximum Gasteiger partial charge on any atom is 0.452 e. The lowest BCUT2D eigenvalue weighted by molar-refractivity contribution is -0.155. The monoisotopic (exact) mass is 414 g/mol. The molecule has 0 unspecified atom stereocenters. The summed E-state index contributed by atoms with van der Waals surface area (Å²) in [6, 6.07) is 5.12. The van der Waals surface area contributed by atoms with Gasteiger partial charge in [0.2, 0.25) is 15.8 Å². The lowest BCUT2D eigenvalue weighted by Gasteiger charge is -2.14. The highest BCUT2D eigenvalue weighted by Crippen LogP contribution is 2.33. The Morgan fingerprint density at radius 2 is 2.00 bits per heavy atom. The molecule has 1 aromatic heterocycles. The lowest BCUT2D eigenvalue weighted by atomic mass is 9.97. The zero-order valence-corrected chi connectivity index (χ0v) is 16.2. The number of hydrogen-bond donors (Lipinski definition) is 1. The summed E-state index contributed by atoms with van der Waals surface area (Å²) in [6.45, 7) is 1.91. The molecule has 1 heterocycles. The van der Waals surface area contributed by atoms with Gasteiger partial charge < -0.3 is 4.52 Å². The van der Waals surface area contributed by atoms with Crippen LogP contribution in [0, 0.1) is 6.92 Å². The van der Waals surface area contributed by atoms with E-state index in [0.29, 0.717) is 12.0 Å². The molecule has 1 N–H and O–H groups in total. The molecule has 0 saturated heterocycles. The van der Waals surface area contributed by atoms with E-state index < -0.39 is 22.0 Å². The smallest absolute Gasteiger partial charge is 0.351 e. The predicted octanol–water partition coefficient (Wildman–Crippen LogP) is 4.84. The first-order valence-corrected chi connectivity index (χ1v) is 10.5. The maximum absolute atomic E-state index is 12.7. The molecule has 1 aliphatic rings. The Hall–Kier alpha value is -2.13. The molecule has 1 aliphatic carbocycles. The molecule has 0 saturated carbocycles. The summed E-state index contributed by atoms with van der Waals surface area (Å²) in [5.41, 5.74) is 1.91. The third kappa shape index (κ3) is 4.82. The van der Waals surface area contributed by atoms with Crippen molar-refractivity contribution in [1.82, 2.24) is 9.88 Å². The second kappa shape index (κ2) is 8.08. The minimum Gasteiger partial charge on any atom is -0.351 e. The Morgan fingerprint density at radius 1 is 1.21 bits per heavy atom. The summed E-state index contributed by atoms with van der Waals surface area (Å²) in [4.78, 5) is 0.0131. The van der Waals surface area contributed by atoms with Crippen LogP contribution in [0.5, 0.6) is 0 Å². The van der Waals surface area contributed by atoms with Gasteiger partial charge in [0, 0.05) is 18.2 Å². The summed E-state index contributed by atoms with van der Waals surface area (Å²) >= 11 is 0. The van der Waals surface area contributed by atoms with E-state index in [1.165, 1.54) is 30.2 Å². The molecule has 0 atom stereocenters. The van der Waals surface area contributed by atoms with E-state index in [9.17, 15) is 21.6 Å². The highest BCUT2D eigenvalue weighted by atomic mass is 32.2. The summed E-state index contributed by atoms with van der Waals surface area (Å²) in [7, 11) is -3.80. The van der Waals surface area contributed by atoms with Crippen LogP contribution in [0.3, 0.4) is 0 Å². The zero-order valence-electron chi connectivity index (χ0n) is 15.3. The Bertz CT molecular complexity index is 979. The number of allylic oxidation sites excluding steroid dienone is 1. The van der Waals surface area contributed by atoms with Gasteiger partial charge in [-0.3, -0.25) is 0 Å². The highest BCUT2D eigenvalue weighted by molar-refractivity contribution is 7.89. The van der Waals surface area contributed by atoms with Crippen molar-refractivity contribution in [2.45, 2.75) is 50.1 Å². The van der Waals surface area contributed by atoms with Gasteiger partial charge in [-0.25, -0.2) is 13.1 Å². The van der Waals surface area contributed by atoms with Crippen molar-refractivity contribution in [2.24, 2.45) is 0 Å². The van der Waals surface area contributed by atoms with Gasteiger partial charge in [0.25, 0.3) is 0 Å². The molecule has 0 aliphatic heterocycles. The van der Waals surface area contributed by atoms with Crippen molar-refractivity contribution in [3.05, 3.63) is 47.2 Å². The molecule has 0 amide bonds. The van der Waals surface area contributed by atoms with E-state index in [1.54, 1.807) is 6.92 Å². The van der Waals surface area contributed by atoms with Gasteiger partial charge in [0.1, 0.15) is 5.69 Å². The van der Waals surface area contributed by atoms with Crippen molar-refractivity contribution < 1.29 is 26.1 Å². The SMILES string of the molecule is Cc1ccc(-c2cc(C(F)(F)F)on2)cc1S(=O)(=O)NCCC1=CCCCC1. The third-order valence-electron chi connectivity index (χ3n) is 4.69. The fourth-order valence-corrected chi connectivity index (χ4v) is 4.45. The van der Waals surface area contributed by atoms with Crippen molar-refractivity contribution in [1.29, 1.82) is 0 Å². The maximum atomic E-state index is 12.7. The second-order valence-electron chi connectivity index (χ2n) is 6.81. The molecule has 5 nitrogen and oxygen atoms in total.